The number of rotatable bonds is 6. The maximum atomic E-state index is 14.5. The Morgan fingerprint density at radius 2 is 1.41 bits per heavy atom. The van der Waals surface area contributed by atoms with Crippen LogP contribution in [0.5, 0.6) is 0 Å². The molecule has 0 saturated carbocycles. The Morgan fingerprint density at radius 3 is 1.95 bits per heavy atom. The molecule has 3 nitrogen and oxygen atoms in total. The Bertz CT molecular complexity index is 1410. The molecule has 1 aliphatic heterocycles. The summed E-state index contributed by atoms with van der Waals surface area (Å²) in [7, 11) is -4.13. The average Bonchev–Trinajstić information content (AvgIpc) is 3.29. The van der Waals surface area contributed by atoms with Crippen LogP contribution in [0.4, 0.5) is 35.1 Å². The van der Waals surface area contributed by atoms with Gasteiger partial charge in [-0.1, -0.05) is 54.6 Å². The number of likely N-dealkylation sites (tertiary alicyclic amines) is 1. The fourth-order valence-electron chi connectivity index (χ4n) is 4.87. The Labute approximate surface area is 220 Å². The minimum atomic E-state index is -6.26. The zero-order valence-electron chi connectivity index (χ0n) is 20.4. The van der Waals surface area contributed by atoms with Gasteiger partial charge in [0.15, 0.2) is 9.84 Å². The van der Waals surface area contributed by atoms with Crippen LogP contribution in [-0.4, -0.2) is 44.0 Å². The van der Waals surface area contributed by atoms with Crippen molar-refractivity contribution in [3.63, 3.8) is 0 Å². The van der Waals surface area contributed by atoms with E-state index in [0.29, 0.717) is 18.7 Å². The monoisotopic (exact) mass is 577 g/mol. The lowest BCUT2D eigenvalue weighted by Crippen LogP contribution is -2.50. The molecule has 3 aromatic rings. The SMILES string of the molecule is Cc1cc(S(=O)(=O)C2CN(Cc3ccccc3)C[C@@H]2c2ccc(C(F)(C(F)(F)F)C(F)(F)F)cc2)ccc1F. The van der Waals surface area contributed by atoms with Gasteiger partial charge < -0.3 is 0 Å². The van der Waals surface area contributed by atoms with Crippen molar-refractivity contribution < 1.29 is 43.5 Å². The second-order valence-electron chi connectivity index (χ2n) is 9.56. The highest BCUT2D eigenvalue weighted by Crippen LogP contribution is 2.53. The van der Waals surface area contributed by atoms with Gasteiger partial charge in [0.1, 0.15) is 5.82 Å². The number of aryl methyl sites for hydroxylation is 1. The number of alkyl halides is 7. The van der Waals surface area contributed by atoms with Gasteiger partial charge in [-0.25, -0.2) is 17.2 Å². The second kappa shape index (κ2) is 10.2. The van der Waals surface area contributed by atoms with Crippen molar-refractivity contribution >= 4 is 9.84 Å². The number of nitrogens with zero attached hydrogens (tertiary/aromatic N) is 1. The molecule has 1 heterocycles. The van der Waals surface area contributed by atoms with Crippen LogP contribution in [0.25, 0.3) is 0 Å². The average molecular weight is 578 g/mol. The van der Waals surface area contributed by atoms with Gasteiger partial charge in [-0.2, -0.15) is 26.3 Å². The van der Waals surface area contributed by atoms with Crippen LogP contribution < -0.4 is 0 Å². The largest absolute Gasteiger partial charge is 0.435 e. The third-order valence-corrected chi connectivity index (χ3v) is 9.15. The first-order chi connectivity index (χ1) is 18.1. The first-order valence-corrected chi connectivity index (χ1v) is 13.3. The molecule has 0 bridgehead atoms. The Hall–Kier alpha value is -2.99. The van der Waals surface area contributed by atoms with E-state index >= 15 is 0 Å². The van der Waals surface area contributed by atoms with Crippen molar-refractivity contribution in [1.29, 1.82) is 0 Å². The molecule has 0 aromatic heterocycles. The van der Waals surface area contributed by atoms with Gasteiger partial charge in [0.05, 0.1) is 10.1 Å². The summed E-state index contributed by atoms with van der Waals surface area (Å²) in [6, 6.07) is 14.9. The maximum absolute atomic E-state index is 14.5. The van der Waals surface area contributed by atoms with Gasteiger partial charge in [0.25, 0.3) is 0 Å². The molecule has 1 fully saturated rings. The number of hydrogen-bond donors (Lipinski definition) is 0. The number of halogens is 8. The molecule has 3 aromatic carbocycles. The minimum Gasteiger partial charge on any atom is -0.297 e. The molecular formula is C27H23F8NO2S. The smallest absolute Gasteiger partial charge is 0.297 e. The molecular weight excluding hydrogens is 554 g/mol. The molecule has 4 rings (SSSR count). The first-order valence-electron chi connectivity index (χ1n) is 11.7. The van der Waals surface area contributed by atoms with E-state index in [0.717, 1.165) is 29.8 Å². The molecule has 39 heavy (non-hydrogen) atoms. The molecule has 1 saturated heterocycles. The van der Waals surface area contributed by atoms with E-state index in [1.807, 2.05) is 12.1 Å². The summed E-state index contributed by atoms with van der Waals surface area (Å²) in [6.45, 7) is 1.83. The fourth-order valence-corrected chi connectivity index (χ4v) is 6.91. The maximum Gasteiger partial charge on any atom is 0.435 e. The minimum absolute atomic E-state index is 0.00177. The van der Waals surface area contributed by atoms with Crippen molar-refractivity contribution in [2.24, 2.45) is 0 Å². The summed E-state index contributed by atoms with van der Waals surface area (Å²) in [5.41, 5.74) is -6.16. The summed E-state index contributed by atoms with van der Waals surface area (Å²) in [5.74, 6) is -1.48. The van der Waals surface area contributed by atoms with Crippen molar-refractivity contribution in [1.82, 2.24) is 4.90 Å². The summed E-state index contributed by atoms with van der Waals surface area (Å²) in [6.07, 6.45) is -12.5. The zero-order chi connectivity index (χ0) is 28.8. The molecule has 0 spiro atoms. The van der Waals surface area contributed by atoms with E-state index in [1.54, 1.807) is 23.1 Å². The van der Waals surface area contributed by atoms with Crippen molar-refractivity contribution in [3.8, 4) is 0 Å². The number of sulfone groups is 1. The first kappa shape index (κ1) is 29.0. The summed E-state index contributed by atoms with van der Waals surface area (Å²) in [4.78, 5) is 1.64. The topological polar surface area (TPSA) is 37.4 Å². The van der Waals surface area contributed by atoms with Crippen molar-refractivity contribution in [3.05, 3.63) is 101 Å². The molecule has 0 N–H and O–H groups in total. The number of hydrogen-bond acceptors (Lipinski definition) is 3. The highest BCUT2D eigenvalue weighted by atomic mass is 32.2. The molecule has 0 radical (unpaired) electrons. The lowest BCUT2D eigenvalue weighted by molar-refractivity contribution is -0.348. The van der Waals surface area contributed by atoms with E-state index < -0.39 is 50.4 Å². The normalized spacial score (nSPS) is 19.4. The van der Waals surface area contributed by atoms with Crippen LogP contribution in [0, 0.1) is 12.7 Å². The van der Waals surface area contributed by atoms with Crippen molar-refractivity contribution in [2.45, 2.75) is 47.6 Å². The number of benzene rings is 3. The second-order valence-corrected chi connectivity index (χ2v) is 11.7. The van der Waals surface area contributed by atoms with Crippen LogP contribution in [0.3, 0.4) is 0 Å². The predicted octanol–water partition coefficient (Wildman–Crippen LogP) is 6.87. The Balaban J connectivity index is 1.74. The molecule has 0 aliphatic carbocycles. The highest BCUT2D eigenvalue weighted by Gasteiger charge is 2.73. The predicted molar refractivity (Wildman–Crippen MR) is 128 cm³/mol. The highest BCUT2D eigenvalue weighted by molar-refractivity contribution is 7.92. The Morgan fingerprint density at radius 1 is 0.821 bits per heavy atom. The molecule has 1 aliphatic rings. The van der Waals surface area contributed by atoms with Crippen molar-refractivity contribution in [2.75, 3.05) is 13.1 Å². The van der Waals surface area contributed by atoms with Crippen LogP contribution in [0.1, 0.15) is 28.2 Å². The van der Waals surface area contributed by atoms with E-state index in [2.05, 4.69) is 0 Å². The van der Waals surface area contributed by atoms with E-state index in [1.165, 1.54) is 13.0 Å². The van der Waals surface area contributed by atoms with Gasteiger partial charge in [-0.05, 0) is 41.8 Å². The van der Waals surface area contributed by atoms with E-state index in [-0.39, 0.29) is 29.1 Å². The summed E-state index contributed by atoms with van der Waals surface area (Å²) >= 11 is 0. The van der Waals surface area contributed by atoms with E-state index in [4.69, 9.17) is 0 Å². The molecule has 12 heteroatoms. The fraction of sp³-hybridized carbons (Fsp3) is 0.333. The lowest BCUT2D eigenvalue weighted by atomic mass is 9.90. The zero-order valence-corrected chi connectivity index (χ0v) is 21.2. The van der Waals surface area contributed by atoms with Crippen LogP contribution >= 0.6 is 0 Å². The molecule has 1 unspecified atom stereocenters. The van der Waals surface area contributed by atoms with Gasteiger partial charge in [0, 0.05) is 31.1 Å². The van der Waals surface area contributed by atoms with Crippen LogP contribution in [0.15, 0.2) is 77.7 Å². The summed E-state index contributed by atoms with van der Waals surface area (Å²) in [5, 5.41) is -1.16. The standard InChI is InChI=1S/C27H23F8NO2S/c1-17-13-21(11-12-23(17)28)39(37,38)24-16-36(14-18-5-3-2-4-6-18)15-22(24)19-7-9-20(10-8-19)25(29,26(30,31)32)27(33,34)35/h2-13,22,24H,14-16H2,1H3/t22-,24?/m1/s1. The lowest BCUT2D eigenvalue weighted by Gasteiger charge is -2.30. The van der Waals surface area contributed by atoms with Gasteiger partial charge in [0.2, 0.25) is 0 Å². The quantitative estimate of drug-likeness (QED) is 0.237. The third-order valence-electron chi connectivity index (χ3n) is 6.97. The molecule has 2 atom stereocenters. The Kier molecular flexibility index (Phi) is 7.59. The van der Waals surface area contributed by atoms with Gasteiger partial charge >= 0.3 is 18.0 Å². The van der Waals surface area contributed by atoms with Crippen LogP contribution in [-0.2, 0) is 22.1 Å². The third kappa shape index (κ3) is 5.41. The van der Waals surface area contributed by atoms with Crippen LogP contribution in [0.2, 0.25) is 0 Å². The molecule has 0 amide bonds. The van der Waals surface area contributed by atoms with Gasteiger partial charge in [-0.15, -0.1) is 0 Å². The van der Waals surface area contributed by atoms with E-state index in [9.17, 15) is 43.5 Å². The molecule has 210 valence electrons. The summed E-state index contributed by atoms with van der Waals surface area (Å²) < 4.78 is 135. The van der Waals surface area contributed by atoms with Gasteiger partial charge in [-0.3, -0.25) is 4.90 Å².